The van der Waals surface area contributed by atoms with Crippen LogP contribution in [-0.2, 0) is 7.05 Å². The summed E-state index contributed by atoms with van der Waals surface area (Å²) in [7, 11) is 1.94. The second kappa shape index (κ2) is 35.3. The van der Waals surface area contributed by atoms with E-state index >= 15 is 0 Å². The van der Waals surface area contributed by atoms with Crippen LogP contribution in [0, 0.1) is 74.4 Å². The van der Waals surface area contributed by atoms with Gasteiger partial charge < -0.3 is 19.2 Å². The first-order chi connectivity index (χ1) is 32.7. The second-order valence-corrected chi connectivity index (χ2v) is 16.9. The van der Waals surface area contributed by atoms with Crippen LogP contribution < -0.4 is 4.73 Å². The van der Waals surface area contributed by atoms with Gasteiger partial charge in [-0.1, -0.05) is 81.7 Å². The zero-order valence-corrected chi connectivity index (χ0v) is 45.0. The van der Waals surface area contributed by atoms with Crippen LogP contribution in [0.1, 0.15) is 56.1 Å². The van der Waals surface area contributed by atoms with E-state index in [2.05, 4.69) is 60.6 Å². The summed E-state index contributed by atoms with van der Waals surface area (Å²) in [6, 6.07) is 13.4. The highest BCUT2D eigenvalue weighted by Gasteiger charge is 2.05. The molecule has 0 spiro atoms. The van der Waals surface area contributed by atoms with E-state index in [0.717, 1.165) is 38.3 Å². The van der Waals surface area contributed by atoms with E-state index in [0.29, 0.717) is 24.8 Å². The lowest BCUT2D eigenvalue weighted by Crippen LogP contribution is -2.24. The van der Waals surface area contributed by atoms with Crippen molar-refractivity contribution in [1.82, 2.24) is 44.4 Å². The first kappa shape index (κ1) is 61.2. The van der Waals surface area contributed by atoms with Crippen molar-refractivity contribution < 1.29 is 9.15 Å². The third-order valence-corrected chi connectivity index (χ3v) is 11.0. The molecule has 8 heterocycles. The van der Waals surface area contributed by atoms with Gasteiger partial charge in [0.1, 0.15) is 16.3 Å². The van der Waals surface area contributed by atoms with Gasteiger partial charge >= 0.3 is 0 Å². The average molecular weight is 1060 g/mol. The summed E-state index contributed by atoms with van der Waals surface area (Å²) in [5.41, 5.74) is 10.0. The van der Waals surface area contributed by atoms with Crippen LogP contribution in [0.5, 0.6) is 0 Å². The molecule has 18 heteroatoms. The molecule has 0 saturated carbocycles. The third-order valence-electron chi connectivity index (χ3n) is 8.69. The third kappa shape index (κ3) is 28.3. The Balaban J connectivity index is 0.000000390. The number of halogens is 6. The van der Waals surface area contributed by atoms with Gasteiger partial charge in [-0.3, -0.25) is 19.9 Å². The number of aromatic amines is 1. The summed E-state index contributed by atoms with van der Waals surface area (Å²) in [6.45, 7) is 19.6. The molecule has 366 valence electrons. The van der Waals surface area contributed by atoms with Gasteiger partial charge in [-0.05, 0) is 137 Å². The Hall–Kier alpha value is -5.86. The van der Waals surface area contributed by atoms with Gasteiger partial charge in [0.25, 0.3) is 0 Å². The van der Waals surface area contributed by atoms with Crippen molar-refractivity contribution in [2.45, 2.75) is 69.2 Å². The molecule has 9 aromatic rings. The average Bonchev–Trinajstić information content (AvgIpc) is 4.14. The van der Waals surface area contributed by atoms with Crippen molar-refractivity contribution in [3.8, 4) is 0 Å². The summed E-state index contributed by atoms with van der Waals surface area (Å²) in [6.07, 6.45) is 28.6. The number of rotatable bonds is 0. The number of imidazole rings is 2. The lowest BCUT2D eigenvalue weighted by Gasteiger charge is -1.99. The number of nitrogens with zero attached hydrogens (tertiary/aromatic N) is 9. The van der Waals surface area contributed by atoms with E-state index in [9.17, 15) is 5.21 Å². The molecule has 0 aliphatic carbocycles. The fourth-order valence-corrected chi connectivity index (χ4v) is 5.42. The van der Waals surface area contributed by atoms with Crippen molar-refractivity contribution in [2.24, 2.45) is 7.05 Å². The van der Waals surface area contributed by atoms with Gasteiger partial charge in [0, 0.05) is 97.9 Å². The van der Waals surface area contributed by atoms with E-state index in [-0.39, 0.29) is 0 Å². The summed E-state index contributed by atoms with van der Waals surface area (Å²) in [5, 5.41) is 14.1. The van der Waals surface area contributed by atoms with Gasteiger partial charge in [-0.15, -0.1) is 0 Å². The normalized spacial score (nSPS) is 9.29. The summed E-state index contributed by atoms with van der Waals surface area (Å²) in [5.74, 6) is 0.718. The molecule has 0 aliphatic rings. The zero-order valence-electron chi connectivity index (χ0n) is 40.5. The van der Waals surface area contributed by atoms with Crippen molar-refractivity contribution in [1.29, 1.82) is 0 Å². The molecule has 0 amide bonds. The molecular formula is C51H58Cl6N10O2. The van der Waals surface area contributed by atoms with E-state index < -0.39 is 0 Å². The molecule has 0 bridgehead atoms. The molecular weight excluding hydrogens is 997 g/mol. The van der Waals surface area contributed by atoms with Crippen LogP contribution in [0.3, 0.4) is 0 Å². The predicted molar refractivity (Wildman–Crippen MR) is 285 cm³/mol. The van der Waals surface area contributed by atoms with Crippen LogP contribution >= 0.6 is 69.6 Å². The van der Waals surface area contributed by atoms with Crippen LogP contribution in [0.2, 0.25) is 30.1 Å². The van der Waals surface area contributed by atoms with E-state index in [4.69, 9.17) is 74.0 Å². The lowest BCUT2D eigenvalue weighted by atomic mass is 10.1. The minimum absolute atomic E-state index is 0.391. The monoisotopic (exact) mass is 1050 g/mol. The number of pyridine rings is 5. The molecule has 0 radical (unpaired) electrons. The molecule has 0 saturated heterocycles. The second-order valence-electron chi connectivity index (χ2n) is 14.5. The largest absolute Gasteiger partial charge is 0.619 e. The van der Waals surface area contributed by atoms with Crippen LogP contribution in [0.4, 0.5) is 0 Å². The molecule has 12 nitrogen and oxygen atoms in total. The highest BCUT2D eigenvalue weighted by molar-refractivity contribution is 6.36. The topological polar surface area (TPSA) is 151 Å². The fourth-order valence-electron chi connectivity index (χ4n) is 4.21. The van der Waals surface area contributed by atoms with Crippen LogP contribution in [0.15, 0.2) is 153 Å². The number of hydrogen-bond donors (Lipinski definition) is 1. The van der Waals surface area contributed by atoms with Crippen LogP contribution in [-0.4, -0.2) is 44.4 Å². The molecule has 1 aromatic carbocycles. The Morgan fingerprint density at radius 1 is 0.507 bits per heavy atom. The number of nitrogens with one attached hydrogen (secondary N) is 1. The van der Waals surface area contributed by atoms with Crippen molar-refractivity contribution in [2.75, 3.05) is 0 Å². The smallest absolute Gasteiger partial charge is 0.199 e. The minimum Gasteiger partial charge on any atom is -0.619 e. The van der Waals surface area contributed by atoms with E-state index in [1.54, 1.807) is 82.3 Å². The van der Waals surface area contributed by atoms with Crippen molar-refractivity contribution >= 4 is 69.6 Å². The number of aryl methyl sites for hydroxylation is 7. The molecule has 1 N–H and O–H groups in total. The number of benzene rings is 1. The molecule has 8 aromatic heterocycles. The van der Waals surface area contributed by atoms with Gasteiger partial charge in [-0.2, -0.15) is 4.73 Å². The number of aromatic nitrogens is 10. The van der Waals surface area contributed by atoms with Gasteiger partial charge in [0.05, 0.1) is 28.9 Å². The van der Waals surface area contributed by atoms with Gasteiger partial charge in [-0.25, -0.2) is 15.0 Å². The Morgan fingerprint density at radius 2 is 1.06 bits per heavy atom. The lowest BCUT2D eigenvalue weighted by molar-refractivity contribution is -0.605. The summed E-state index contributed by atoms with van der Waals surface area (Å²) >= 11 is 34.0. The van der Waals surface area contributed by atoms with Crippen LogP contribution in [0.25, 0.3) is 0 Å². The van der Waals surface area contributed by atoms with E-state index in [1.807, 2.05) is 113 Å². The maximum atomic E-state index is 10.6. The predicted octanol–water partition coefficient (Wildman–Crippen LogP) is 14.8. The minimum atomic E-state index is 0.391. The Morgan fingerprint density at radius 3 is 1.35 bits per heavy atom. The molecule has 69 heavy (non-hydrogen) atoms. The number of oxazole rings is 1. The number of hydrogen-bond acceptors (Lipinski definition) is 9. The maximum absolute atomic E-state index is 10.6. The summed E-state index contributed by atoms with van der Waals surface area (Å²) in [4.78, 5) is 29.7. The first-order valence-corrected chi connectivity index (χ1v) is 23.0. The van der Waals surface area contributed by atoms with Gasteiger partial charge in [0.15, 0.2) is 18.3 Å². The molecule has 9 rings (SSSR count). The molecule has 0 fully saturated rings. The fraction of sp³-hybridized carbons (Fsp3) is 0.216. The Kier molecular flexibility index (Phi) is 31.3. The Bertz CT molecular complexity index is 2400. The highest BCUT2D eigenvalue weighted by Crippen LogP contribution is 2.23. The number of H-pyrrole nitrogens is 1. The summed E-state index contributed by atoms with van der Waals surface area (Å²) < 4.78 is 7.19. The zero-order chi connectivity index (χ0) is 51.7. The highest BCUT2D eigenvalue weighted by atomic mass is 35.5. The SMILES string of the molecule is Cc1c(Cl)c[n+]([O-])cc1Cl.Cc1c(Cl)cccc1Cl.Cc1c(Cl)cncc1Cl.Cc1cccnc1.Cc1ccncc1.Cc1cnc[nH]1.Cc1cncc(C)c1C.Cc1ncco1.Cn1ccnc1. The quantitative estimate of drug-likeness (QED) is 0.116. The Labute approximate surface area is 436 Å². The van der Waals surface area contributed by atoms with Gasteiger partial charge in [0.2, 0.25) is 0 Å². The molecule has 0 unspecified atom stereocenters. The van der Waals surface area contributed by atoms with E-state index in [1.165, 1.54) is 40.2 Å². The van der Waals surface area contributed by atoms with Crippen molar-refractivity contribution in [3.63, 3.8) is 0 Å². The maximum Gasteiger partial charge on any atom is 0.199 e. The van der Waals surface area contributed by atoms with Crippen molar-refractivity contribution in [3.05, 3.63) is 240 Å². The first-order valence-electron chi connectivity index (χ1n) is 20.8. The standard InChI is InChI=1S/C8H11N.C7H6Cl2.C6H5Cl2NO.C6H5Cl2N.2C6H7N.2C4H6N2.C4H5NO/c1-6-4-9-5-7(2)8(6)3;1-5-6(8)3-2-4-7(5)9;1-4-5(7)2-9(10)3-6(4)8;1-4-5(7)2-9-3-6(4)8;1-6-2-4-7-5-3-6;1-6-3-2-4-7-5-6;1-4-2-5-3-6-4;1-6-3-2-5-4-6;1-4-5-2-3-6-4/h4-5H,1-3H3;2-4H,1H3;2-3H,1H3;2-3H,1H3;2*2-5H,1H3;2-3H,1H3,(H,5,6);2-4H,1H3;2-3H,1H3. The molecule has 0 aliphatic heterocycles. The molecule has 0 atom stereocenters.